The van der Waals surface area contributed by atoms with Crippen LogP contribution in [0.4, 0.5) is 11.4 Å². The summed E-state index contributed by atoms with van der Waals surface area (Å²) in [6.07, 6.45) is 0. The summed E-state index contributed by atoms with van der Waals surface area (Å²) in [6, 6.07) is 4.97. The molecule has 0 heterocycles. The number of hydrogen-bond donors (Lipinski definition) is 2. The van der Waals surface area contributed by atoms with Crippen LogP contribution in [0.25, 0.3) is 0 Å². The molecule has 0 aliphatic heterocycles. The van der Waals surface area contributed by atoms with Crippen LogP contribution in [0.15, 0.2) is 34.1 Å². The van der Waals surface area contributed by atoms with E-state index < -0.39 is 20.2 Å². The van der Waals surface area contributed by atoms with Gasteiger partial charge in [0, 0.05) is 21.4 Å². The molecule has 0 fully saturated rings. The zero-order valence-electron chi connectivity index (χ0n) is 14.2. The van der Waals surface area contributed by atoms with E-state index in [0.29, 0.717) is 0 Å². The van der Waals surface area contributed by atoms with Crippen LogP contribution in [0.2, 0.25) is 10.0 Å². The molecule has 0 radical (unpaired) electrons. The first-order chi connectivity index (χ1) is 11.6. The molecule has 2 aromatic carbocycles. The Morgan fingerprint density at radius 2 is 1.00 bits per heavy atom. The first-order valence-electron chi connectivity index (χ1n) is 6.67. The van der Waals surface area contributed by atoms with Gasteiger partial charge in [-0.3, -0.25) is 0 Å². The summed E-state index contributed by atoms with van der Waals surface area (Å²) in [6.45, 7) is 2.91. The second kappa shape index (κ2) is 9.95. The Morgan fingerprint density at radius 1 is 0.741 bits per heavy atom. The molecule has 2 aromatic rings. The molecule has 0 spiro atoms. The van der Waals surface area contributed by atoms with Gasteiger partial charge in [-0.05, 0) is 49.2 Å². The predicted octanol–water partition coefficient (Wildman–Crippen LogP) is 1.89. The molecule has 144 valence electrons. The molecule has 13 heteroatoms. The summed E-state index contributed by atoms with van der Waals surface area (Å²) < 4.78 is 64.1. The average molecular weight is 481 g/mol. The second-order valence-corrected chi connectivity index (χ2v) is 8.71. The number of nitrogens with two attached hydrogens (primary N) is 2. The van der Waals surface area contributed by atoms with Gasteiger partial charge in [-0.1, -0.05) is 23.2 Å². The van der Waals surface area contributed by atoms with Crippen LogP contribution >= 0.6 is 23.2 Å². The fraction of sp³-hybridized carbons (Fsp3) is 0.143. The first kappa shape index (κ1) is 26.7. The molecule has 0 aliphatic carbocycles. The molecule has 8 nitrogen and oxygen atoms in total. The van der Waals surface area contributed by atoms with Crippen LogP contribution in [-0.4, -0.2) is 63.7 Å². The van der Waals surface area contributed by atoms with E-state index in [1.807, 2.05) is 0 Å². The van der Waals surface area contributed by atoms with Crippen LogP contribution in [0.5, 0.6) is 0 Å². The molecule has 0 aromatic heterocycles. The monoisotopic (exact) mass is 480 g/mol. The van der Waals surface area contributed by atoms with Crippen LogP contribution in [0, 0.1) is 13.8 Å². The maximum Gasteiger partial charge on any atom is 2.00 e. The molecule has 0 bridgehead atoms. The molecule has 27 heavy (non-hydrogen) atoms. The van der Waals surface area contributed by atoms with Crippen molar-refractivity contribution in [3.05, 3.63) is 45.4 Å². The number of hydrogen-bond acceptors (Lipinski definition) is 8. The van der Waals surface area contributed by atoms with Crippen molar-refractivity contribution in [2.45, 2.75) is 23.6 Å². The summed E-state index contributed by atoms with van der Waals surface area (Å²) in [4.78, 5) is -0.727. The Morgan fingerprint density at radius 3 is 1.22 bits per heavy atom. The number of benzene rings is 2. The zero-order valence-corrected chi connectivity index (χ0v) is 19.5. The minimum atomic E-state index is -4.49. The average Bonchev–Trinajstić information content (AvgIpc) is 2.45. The smallest absolute Gasteiger partial charge is 0.744 e. The van der Waals surface area contributed by atoms with Gasteiger partial charge >= 0.3 is 37.7 Å². The summed E-state index contributed by atoms with van der Waals surface area (Å²) in [5.74, 6) is 0. The van der Waals surface area contributed by atoms with Gasteiger partial charge in [0.05, 0.1) is 9.79 Å². The topological polar surface area (TPSA) is 166 Å². The number of halogens is 2. The summed E-state index contributed by atoms with van der Waals surface area (Å²) in [7, 11) is -8.99. The minimum Gasteiger partial charge on any atom is -0.744 e. The fourth-order valence-electron chi connectivity index (χ4n) is 1.87. The third kappa shape index (κ3) is 7.56. The van der Waals surface area contributed by atoms with Crippen LogP contribution in [0.1, 0.15) is 11.1 Å². The summed E-state index contributed by atoms with van der Waals surface area (Å²) >= 11 is 11.1. The van der Waals surface area contributed by atoms with Gasteiger partial charge in [0.25, 0.3) is 0 Å². The van der Waals surface area contributed by atoms with Gasteiger partial charge in [-0.15, -0.1) is 0 Å². The van der Waals surface area contributed by atoms with Crippen molar-refractivity contribution in [2.24, 2.45) is 0 Å². The van der Waals surface area contributed by atoms with E-state index in [1.54, 1.807) is 0 Å². The van der Waals surface area contributed by atoms with E-state index >= 15 is 0 Å². The van der Waals surface area contributed by atoms with Gasteiger partial charge in [0.15, 0.2) is 0 Å². The van der Waals surface area contributed by atoms with Crippen LogP contribution < -0.4 is 11.5 Å². The quantitative estimate of drug-likeness (QED) is 0.373. The molecular weight excluding hydrogens is 467 g/mol. The van der Waals surface area contributed by atoms with Crippen molar-refractivity contribution in [3.63, 3.8) is 0 Å². The van der Waals surface area contributed by atoms with E-state index in [2.05, 4.69) is 0 Å². The standard InChI is InChI=1S/2C7H8ClNO3S.Ca/c2*1-4-6(9)2-5(8)3-7(4)13(10,11)12;/h2*2-3H,9H2,1H3,(H,10,11,12);/q;;+2/p-2. The molecule has 0 aliphatic rings. The molecule has 4 N–H and O–H groups in total. The third-order valence-corrected chi connectivity index (χ3v) is 5.63. The van der Waals surface area contributed by atoms with Gasteiger partial charge in [-0.2, -0.15) is 0 Å². The van der Waals surface area contributed by atoms with E-state index in [-0.39, 0.29) is 80.1 Å². The number of nitrogen functional groups attached to an aromatic ring is 2. The largest absolute Gasteiger partial charge is 2.00 e. The van der Waals surface area contributed by atoms with Crippen molar-refractivity contribution in [3.8, 4) is 0 Å². The van der Waals surface area contributed by atoms with Gasteiger partial charge < -0.3 is 20.6 Å². The SMILES string of the molecule is Cc1c(N)cc(Cl)cc1S(=O)(=O)[O-].Cc1c(N)cc(Cl)cc1S(=O)(=O)[O-].[Ca+2]. The van der Waals surface area contributed by atoms with Crippen molar-refractivity contribution in [2.75, 3.05) is 11.5 Å². The van der Waals surface area contributed by atoms with Gasteiger partial charge in [0.1, 0.15) is 20.2 Å². The molecule has 0 unspecified atom stereocenters. The van der Waals surface area contributed by atoms with E-state index in [1.165, 1.54) is 26.0 Å². The Balaban J connectivity index is 0.000000483. The molecule has 0 saturated carbocycles. The predicted molar refractivity (Wildman–Crippen MR) is 103 cm³/mol. The molecule has 2 rings (SSSR count). The Labute approximate surface area is 197 Å². The molecule has 0 saturated heterocycles. The Bertz CT molecular complexity index is 974. The van der Waals surface area contributed by atoms with Crippen molar-refractivity contribution < 1.29 is 25.9 Å². The number of rotatable bonds is 2. The van der Waals surface area contributed by atoms with E-state index in [9.17, 15) is 25.9 Å². The summed E-state index contributed by atoms with van der Waals surface area (Å²) in [5.41, 5.74) is 11.7. The van der Waals surface area contributed by atoms with Crippen molar-refractivity contribution in [1.82, 2.24) is 0 Å². The number of anilines is 2. The first-order valence-corrected chi connectivity index (χ1v) is 10.2. The van der Waals surface area contributed by atoms with Gasteiger partial charge in [0.2, 0.25) is 0 Å². The fourth-order valence-corrected chi connectivity index (χ4v) is 3.98. The molecular formula is C14H14CaCl2N2O6S2. The summed E-state index contributed by atoms with van der Waals surface area (Å²) in [5, 5.41) is 0.273. The maximum absolute atomic E-state index is 10.7. The van der Waals surface area contributed by atoms with E-state index in [0.717, 1.165) is 12.1 Å². The Hall–Kier alpha value is -0.300. The second-order valence-electron chi connectivity index (χ2n) is 5.14. The van der Waals surface area contributed by atoms with E-state index in [4.69, 9.17) is 34.7 Å². The van der Waals surface area contributed by atoms with Gasteiger partial charge in [-0.25, -0.2) is 16.8 Å². The van der Waals surface area contributed by atoms with Crippen molar-refractivity contribution >= 4 is 92.6 Å². The van der Waals surface area contributed by atoms with Crippen LogP contribution in [-0.2, 0) is 20.2 Å². The zero-order chi connectivity index (χ0) is 20.4. The minimum absolute atomic E-state index is 0. The molecule has 0 atom stereocenters. The molecule has 0 amide bonds. The third-order valence-electron chi connectivity index (χ3n) is 3.27. The maximum atomic E-state index is 10.7. The normalized spacial score (nSPS) is 11.2. The van der Waals surface area contributed by atoms with Crippen molar-refractivity contribution in [1.29, 1.82) is 0 Å². The Kier molecular flexibility index (Phi) is 9.84. The van der Waals surface area contributed by atoms with Crippen LogP contribution in [0.3, 0.4) is 0 Å².